The molecule has 9 nitrogen and oxygen atoms in total. The molecule has 0 unspecified atom stereocenters. The fourth-order valence-electron chi connectivity index (χ4n) is 3.98. The average Bonchev–Trinajstić information content (AvgIpc) is 3.37. The van der Waals surface area contributed by atoms with Gasteiger partial charge in [-0.05, 0) is 41.5 Å². The highest BCUT2D eigenvalue weighted by atomic mass is 32.1. The molecule has 2 aromatic rings. The summed E-state index contributed by atoms with van der Waals surface area (Å²) in [5.74, 6) is -0.0185. The molecule has 2 fully saturated rings. The quantitative estimate of drug-likeness (QED) is 0.823. The van der Waals surface area contributed by atoms with Crippen LogP contribution in [-0.2, 0) is 16.1 Å². The molecule has 26 heavy (non-hydrogen) atoms. The van der Waals surface area contributed by atoms with Gasteiger partial charge < -0.3 is 10.1 Å². The van der Waals surface area contributed by atoms with Crippen LogP contribution in [0.25, 0.3) is 0 Å². The molecule has 3 heterocycles. The molecule has 2 aliphatic rings. The van der Waals surface area contributed by atoms with Gasteiger partial charge in [0, 0.05) is 13.0 Å². The summed E-state index contributed by atoms with van der Waals surface area (Å²) in [6, 6.07) is 0. The summed E-state index contributed by atoms with van der Waals surface area (Å²) in [4.78, 5) is 12.7. The molecule has 0 spiro atoms. The van der Waals surface area contributed by atoms with Crippen molar-refractivity contribution in [2.45, 2.75) is 64.0 Å². The third-order valence-electron chi connectivity index (χ3n) is 5.23. The number of hydrogen-bond donors (Lipinski definition) is 1. The summed E-state index contributed by atoms with van der Waals surface area (Å²) < 4.78 is 7.36. The number of tetrazole rings is 1. The van der Waals surface area contributed by atoms with Crippen LogP contribution in [0.5, 0.6) is 0 Å². The van der Waals surface area contributed by atoms with E-state index in [4.69, 9.17) is 4.74 Å². The van der Waals surface area contributed by atoms with Crippen LogP contribution in [0.2, 0.25) is 0 Å². The third-order valence-corrected chi connectivity index (χ3v) is 6.16. The maximum absolute atomic E-state index is 12.7. The largest absolute Gasteiger partial charge is 0.371 e. The highest BCUT2D eigenvalue weighted by Gasteiger charge is 2.35. The van der Waals surface area contributed by atoms with E-state index in [1.807, 2.05) is 0 Å². The van der Waals surface area contributed by atoms with Crippen molar-refractivity contribution in [1.82, 2.24) is 30.4 Å². The number of hydrogen-bond acceptors (Lipinski definition) is 8. The molecule has 1 amide bonds. The van der Waals surface area contributed by atoms with Crippen molar-refractivity contribution >= 4 is 22.4 Å². The minimum absolute atomic E-state index is 0.0185. The van der Waals surface area contributed by atoms with Gasteiger partial charge in [-0.25, -0.2) is 4.68 Å². The number of carbonyl (C=O) groups excluding carboxylic acids is 1. The van der Waals surface area contributed by atoms with Gasteiger partial charge in [0.15, 0.2) is 0 Å². The van der Waals surface area contributed by atoms with Crippen molar-refractivity contribution in [1.29, 1.82) is 0 Å². The summed E-state index contributed by atoms with van der Waals surface area (Å²) in [5, 5.41) is 24.0. The molecule has 1 aliphatic heterocycles. The maximum Gasteiger partial charge on any atom is 0.226 e. The Kier molecular flexibility index (Phi) is 5.21. The van der Waals surface area contributed by atoms with Gasteiger partial charge in [-0.15, -0.1) is 15.3 Å². The molecule has 140 valence electrons. The van der Waals surface area contributed by atoms with Crippen molar-refractivity contribution < 1.29 is 9.53 Å². The lowest BCUT2D eigenvalue weighted by Crippen LogP contribution is -2.34. The highest BCUT2D eigenvalue weighted by molar-refractivity contribution is 7.15. The molecular formula is C16H23N7O2S. The zero-order valence-electron chi connectivity index (χ0n) is 14.6. The smallest absolute Gasteiger partial charge is 0.226 e. The highest BCUT2D eigenvalue weighted by Crippen LogP contribution is 2.41. The number of aromatic nitrogens is 6. The normalized spacial score (nSPS) is 22.4. The van der Waals surface area contributed by atoms with Crippen molar-refractivity contribution in [3.8, 4) is 0 Å². The van der Waals surface area contributed by atoms with Crippen LogP contribution in [-0.4, -0.2) is 42.9 Å². The van der Waals surface area contributed by atoms with Crippen molar-refractivity contribution in [3.05, 3.63) is 11.3 Å². The van der Waals surface area contributed by atoms with Crippen molar-refractivity contribution in [2.75, 3.05) is 11.9 Å². The Hall–Kier alpha value is -1.94. The molecule has 1 atom stereocenters. The maximum atomic E-state index is 12.7. The lowest BCUT2D eigenvalue weighted by molar-refractivity contribution is -0.119. The molecule has 4 rings (SSSR count). The number of ether oxygens (including phenoxy) is 1. The van der Waals surface area contributed by atoms with Gasteiger partial charge in [-0.2, -0.15) is 0 Å². The van der Waals surface area contributed by atoms with E-state index >= 15 is 0 Å². The zero-order chi connectivity index (χ0) is 17.8. The lowest BCUT2D eigenvalue weighted by Gasteiger charge is -2.36. The molecular weight excluding hydrogens is 354 g/mol. The van der Waals surface area contributed by atoms with E-state index < -0.39 is 0 Å². The Labute approximate surface area is 155 Å². The van der Waals surface area contributed by atoms with E-state index in [-0.39, 0.29) is 17.4 Å². The first-order valence-electron chi connectivity index (χ1n) is 9.18. The van der Waals surface area contributed by atoms with Gasteiger partial charge in [-0.3, -0.25) is 4.79 Å². The van der Waals surface area contributed by atoms with E-state index in [1.54, 1.807) is 11.0 Å². The molecule has 1 saturated carbocycles. The summed E-state index contributed by atoms with van der Waals surface area (Å²) >= 11 is 1.41. The first-order valence-corrected chi connectivity index (χ1v) is 10.00. The van der Waals surface area contributed by atoms with E-state index in [9.17, 15) is 4.79 Å². The molecule has 1 saturated heterocycles. The van der Waals surface area contributed by atoms with E-state index in [0.717, 1.165) is 50.1 Å². The van der Waals surface area contributed by atoms with E-state index in [1.165, 1.54) is 17.8 Å². The molecule has 0 bridgehead atoms. The number of rotatable bonds is 6. The summed E-state index contributed by atoms with van der Waals surface area (Å²) in [5.41, 5.74) is -0.0974. The van der Waals surface area contributed by atoms with Gasteiger partial charge in [-0.1, -0.05) is 30.6 Å². The second kappa shape index (κ2) is 7.75. The fourth-order valence-corrected chi connectivity index (χ4v) is 4.82. The van der Waals surface area contributed by atoms with Crippen molar-refractivity contribution in [2.24, 2.45) is 5.41 Å². The number of nitrogens with one attached hydrogen (secondary N) is 1. The standard InChI is InChI=1S/C16H23N7O2S/c24-13(18-15-20-19-14(26-15)12-5-4-8-25-12)9-16(6-2-1-3-7-16)10-23-11-17-21-22-23/h11-12H,1-10H2,(H,18,20,24)/t12-/m0/s1. The summed E-state index contributed by atoms with van der Waals surface area (Å²) in [7, 11) is 0. The number of amides is 1. The third kappa shape index (κ3) is 4.07. The molecule has 1 N–H and O–H groups in total. The van der Waals surface area contributed by atoms with Gasteiger partial charge >= 0.3 is 0 Å². The van der Waals surface area contributed by atoms with Crippen molar-refractivity contribution in [3.63, 3.8) is 0 Å². The lowest BCUT2D eigenvalue weighted by atomic mass is 9.71. The van der Waals surface area contributed by atoms with Gasteiger partial charge in [0.25, 0.3) is 0 Å². The average molecular weight is 377 g/mol. The predicted molar refractivity (Wildman–Crippen MR) is 94.4 cm³/mol. The molecule has 1 aliphatic carbocycles. The monoisotopic (exact) mass is 377 g/mol. The first-order chi connectivity index (χ1) is 12.7. The van der Waals surface area contributed by atoms with Crippen LogP contribution in [0.15, 0.2) is 6.33 Å². The van der Waals surface area contributed by atoms with E-state index in [0.29, 0.717) is 18.1 Å². The molecule has 10 heteroatoms. The number of anilines is 1. The van der Waals surface area contributed by atoms with Gasteiger partial charge in [0.2, 0.25) is 11.0 Å². The zero-order valence-corrected chi connectivity index (χ0v) is 15.5. The Morgan fingerprint density at radius 3 is 2.92 bits per heavy atom. The van der Waals surface area contributed by atoms with Gasteiger partial charge in [0.05, 0.1) is 6.54 Å². The summed E-state index contributed by atoms with van der Waals surface area (Å²) in [6.45, 7) is 1.44. The van der Waals surface area contributed by atoms with Crippen LogP contribution in [0, 0.1) is 5.41 Å². The Bertz CT molecular complexity index is 721. The van der Waals surface area contributed by atoms with Crippen LogP contribution < -0.4 is 5.32 Å². The first kappa shape index (κ1) is 17.5. The Balaban J connectivity index is 1.40. The second-order valence-corrected chi connectivity index (χ2v) is 8.25. The summed E-state index contributed by atoms with van der Waals surface area (Å²) in [6.07, 6.45) is 9.63. The SMILES string of the molecule is O=C(CC1(Cn2cnnn2)CCCCC1)Nc1nnc([C@@H]2CCCO2)s1. The molecule has 2 aromatic heterocycles. The minimum atomic E-state index is -0.0974. The molecule has 0 aromatic carbocycles. The van der Waals surface area contributed by atoms with Crippen LogP contribution in [0.3, 0.4) is 0 Å². The van der Waals surface area contributed by atoms with Crippen LogP contribution in [0.4, 0.5) is 5.13 Å². The second-order valence-electron chi connectivity index (χ2n) is 7.24. The number of carbonyl (C=O) groups is 1. The van der Waals surface area contributed by atoms with Crippen LogP contribution >= 0.6 is 11.3 Å². The van der Waals surface area contributed by atoms with Crippen LogP contribution in [0.1, 0.15) is 62.5 Å². The van der Waals surface area contributed by atoms with E-state index in [2.05, 4.69) is 31.0 Å². The minimum Gasteiger partial charge on any atom is -0.371 e. The Morgan fingerprint density at radius 1 is 1.31 bits per heavy atom. The topological polar surface area (TPSA) is 108 Å². The Morgan fingerprint density at radius 2 is 2.19 bits per heavy atom. The van der Waals surface area contributed by atoms with Gasteiger partial charge in [0.1, 0.15) is 17.4 Å². The molecule has 0 radical (unpaired) electrons. The predicted octanol–water partition coefficient (Wildman–Crippen LogP) is 2.36. The fraction of sp³-hybridized carbons (Fsp3) is 0.750. The number of nitrogens with zero attached hydrogens (tertiary/aromatic N) is 6.